The van der Waals surface area contributed by atoms with E-state index in [0.29, 0.717) is 0 Å². The molecule has 0 bridgehead atoms. The minimum absolute atomic E-state index is 0.0752. The van der Waals surface area contributed by atoms with E-state index in [4.69, 9.17) is 0 Å². The average Bonchev–Trinajstić information content (AvgIpc) is 2.38. The van der Waals surface area contributed by atoms with E-state index in [2.05, 4.69) is 8.08 Å². The van der Waals surface area contributed by atoms with E-state index in [1.165, 1.54) is 12.3 Å². The first-order valence-electron chi connectivity index (χ1n) is 2.42. The standard InChI is InChI=1S/C5H4O3.O.V/c6-5(7)4-2-1-3-8-4;;/h1-3H,(H,6,7);;/q;;+1/p-1. The van der Waals surface area contributed by atoms with E-state index in [1.54, 1.807) is 6.07 Å². The normalized spacial score (nSPS) is 8.80. The zero-order chi connectivity index (χ0) is 7.40. The van der Waals surface area contributed by atoms with E-state index in [1.807, 2.05) is 0 Å². The van der Waals surface area contributed by atoms with Crippen molar-refractivity contribution in [2.45, 2.75) is 0 Å². The molecule has 0 atom stereocenters. The van der Waals surface area contributed by atoms with Gasteiger partial charge in [0.15, 0.2) is 0 Å². The van der Waals surface area contributed by atoms with E-state index >= 15 is 0 Å². The number of rotatable bonds is 2. The van der Waals surface area contributed by atoms with Crippen molar-refractivity contribution in [3.63, 3.8) is 0 Å². The zero-order valence-corrected chi connectivity index (χ0v) is 6.21. The molecule has 1 heterocycles. The van der Waals surface area contributed by atoms with E-state index < -0.39 is 22.6 Å². The number of carbonyl (C=O) groups is 1. The molecular formula is C5H3O4V. The summed E-state index contributed by atoms with van der Waals surface area (Å²) in [6.45, 7) is 0. The number of hydrogen-bond donors (Lipinski definition) is 0. The van der Waals surface area contributed by atoms with Gasteiger partial charge in [0.25, 0.3) is 0 Å². The fraction of sp³-hybridized carbons (Fsp3) is 0. The summed E-state index contributed by atoms with van der Waals surface area (Å²) >= 11 is -1.58. The van der Waals surface area contributed by atoms with Gasteiger partial charge in [0.05, 0.1) is 0 Å². The number of carbonyl (C=O) groups excluding carboxylic acids is 1. The molecule has 0 aliphatic heterocycles. The maximum atomic E-state index is 10.6. The number of furan rings is 1. The first-order chi connectivity index (χ1) is 4.84. The predicted molar refractivity (Wildman–Crippen MR) is 24.8 cm³/mol. The van der Waals surface area contributed by atoms with Gasteiger partial charge in [-0.1, -0.05) is 0 Å². The second-order valence-electron chi connectivity index (χ2n) is 1.43. The van der Waals surface area contributed by atoms with Crippen molar-refractivity contribution in [2.75, 3.05) is 0 Å². The third-order valence-corrected chi connectivity index (χ3v) is 1.22. The van der Waals surface area contributed by atoms with Crippen molar-refractivity contribution in [1.29, 1.82) is 0 Å². The molecule has 0 unspecified atom stereocenters. The summed E-state index contributed by atoms with van der Waals surface area (Å²) in [6.07, 6.45) is 1.35. The summed E-state index contributed by atoms with van der Waals surface area (Å²) in [6, 6.07) is 3.00. The van der Waals surface area contributed by atoms with Gasteiger partial charge in [-0.2, -0.15) is 0 Å². The van der Waals surface area contributed by atoms with Crippen LogP contribution in [0.5, 0.6) is 0 Å². The Kier molecular flexibility index (Phi) is 2.42. The summed E-state index contributed by atoms with van der Waals surface area (Å²) in [5, 5.41) is 0. The van der Waals surface area contributed by atoms with Crippen LogP contribution < -0.4 is 0 Å². The van der Waals surface area contributed by atoms with Crippen LogP contribution in [0.4, 0.5) is 0 Å². The molecule has 0 amide bonds. The molecular weight excluding hydrogens is 175 g/mol. The second kappa shape index (κ2) is 3.34. The van der Waals surface area contributed by atoms with E-state index in [-0.39, 0.29) is 5.76 Å². The Morgan fingerprint density at radius 3 is 3.00 bits per heavy atom. The van der Waals surface area contributed by atoms with E-state index in [9.17, 15) is 8.47 Å². The van der Waals surface area contributed by atoms with Gasteiger partial charge in [-0.05, 0) is 0 Å². The molecule has 0 N–H and O–H groups in total. The molecule has 0 fully saturated rings. The molecule has 0 radical (unpaired) electrons. The molecule has 0 aromatic carbocycles. The monoisotopic (exact) mass is 178 g/mol. The first-order valence-corrected chi connectivity index (χ1v) is 3.56. The molecule has 5 heteroatoms. The van der Waals surface area contributed by atoms with Gasteiger partial charge < -0.3 is 0 Å². The summed E-state index contributed by atoms with van der Waals surface area (Å²) in [7, 11) is 0. The summed E-state index contributed by atoms with van der Waals surface area (Å²) in [5.41, 5.74) is 0. The molecule has 1 aromatic rings. The fourth-order valence-electron chi connectivity index (χ4n) is 0.474. The van der Waals surface area contributed by atoms with Crippen LogP contribution in [0, 0.1) is 0 Å². The Labute approximate surface area is 63.8 Å². The van der Waals surface area contributed by atoms with Crippen LogP contribution in [0.1, 0.15) is 10.6 Å². The molecule has 0 saturated carbocycles. The van der Waals surface area contributed by atoms with Gasteiger partial charge in [0.2, 0.25) is 0 Å². The minimum atomic E-state index is -1.58. The van der Waals surface area contributed by atoms with Gasteiger partial charge in [-0.3, -0.25) is 0 Å². The average molecular weight is 178 g/mol. The molecule has 0 spiro atoms. The van der Waals surface area contributed by atoms with Crippen LogP contribution in [0.2, 0.25) is 0 Å². The summed E-state index contributed by atoms with van der Waals surface area (Å²) < 4.78 is 18.7. The third kappa shape index (κ3) is 1.56. The van der Waals surface area contributed by atoms with Crippen molar-refractivity contribution < 1.29 is 33.1 Å². The summed E-state index contributed by atoms with van der Waals surface area (Å²) in [5.74, 6) is -0.605. The third-order valence-electron chi connectivity index (χ3n) is 0.843. The molecule has 10 heavy (non-hydrogen) atoms. The first kappa shape index (κ1) is 7.24. The quantitative estimate of drug-likeness (QED) is 0.671. The van der Waals surface area contributed by atoms with Gasteiger partial charge >= 0.3 is 63.3 Å². The molecule has 4 nitrogen and oxygen atoms in total. The Morgan fingerprint density at radius 2 is 2.50 bits per heavy atom. The Hall–Kier alpha value is -0.866. The molecule has 1 rings (SSSR count). The van der Waals surface area contributed by atoms with Gasteiger partial charge in [-0.15, -0.1) is 0 Å². The fourth-order valence-corrected chi connectivity index (χ4v) is 0.720. The van der Waals surface area contributed by atoms with Gasteiger partial charge in [0, 0.05) is 0 Å². The van der Waals surface area contributed by atoms with Crippen molar-refractivity contribution in [1.82, 2.24) is 0 Å². The van der Waals surface area contributed by atoms with Crippen LogP contribution in [0.25, 0.3) is 0 Å². The van der Waals surface area contributed by atoms with Crippen LogP contribution in [0.15, 0.2) is 22.8 Å². The van der Waals surface area contributed by atoms with Crippen LogP contribution in [0.3, 0.4) is 0 Å². The predicted octanol–water partition coefficient (Wildman–Crippen LogP) is 0.779. The zero-order valence-electron chi connectivity index (χ0n) is 4.81. The van der Waals surface area contributed by atoms with Gasteiger partial charge in [-0.25, -0.2) is 0 Å². The number of hydrogen-bond acceptors (Lipinski definition) is 4. The molecule has 0 aliphatic rings. The van der Waals surface area contributed by atoms with E-state index in [0.717, 1.165) is 0 Å². The Balaban J connectivity index is 2.68. The summed E-state index contributed by atoms with van der Waals surface area (Å²) in [4.78, 5) is 10.6. The van der Waals surface area contributed by atoms with Crippen molar-refractivity contribution in [3.8, 4) is 0 Å². The topological polar surface area (TPSA) is 56.5 Å². The van der Waals surface area contributed by atoms with Gasteiger partial charge in [0.1, 0.15) is 0 Å². The molecule has 0 aliphatic carbocycles. The van der Waals surface area contributed by atoms with Crippen molar-refractivity contribution in [2.24, 2.45) is 0 Å². The second-order valence-corrected chi connectivity index (χ2v) is 1.95. The maximum absolute atomic E-state index is 10.6. The SMILES string of the molecule is [O]=[V][O]C(=O)c1ccco1. The molecule has 52 valence electrons. The Morgan fingerprint density at radius 1 is 1.70 bits per heavy atom. The van der Waals surface area contributed by atoms with Crippen molar-refractivity contribution in [3.05, 3.63) is 24.2 Å². The Bertz CT molecular complexity index is 228. The van der Waals surface area contributed by atoms with Crippen LogP contribution in [-0.4, -0.2) is 5.97 Å². The molecule has 1 aromatic heterocycles. The van der Waals surface area contributed by atoms with Crippen LogP contribution >= 0.6 is 0 Å². The van der Waals surface area contributed by atoms with Crippen LogP contribution in [-0.2, 0) is 23.9 Å². The van der Waals surface area contributed by atoms with Crippen molar-refractivity contribution >= 4 is 5.97 Å². The molecule has 0 saturated heterocycles.